The minimum atomic E-state index is -0.724. The Morgan fingerprint density at radius 2 is 1.95 bits per heavy atom. The molecule has 0 aliphatic rings. The minimum Gasteiger partial charge on any atom is -0.492 e. The van der Waals surface area contributed by atoms with Gasteiger partial charge < -0.3 is 15.6 Å². The van der Waals surface area contributed by atoms with Gasteiger partial charge in [0.2, 0.25) is 0 Å². The third kappa shape index (κ3) is 3.45. The van der Waals surface area contributed by atoms with Crippen LogP contribution in [-0.4, -0.2) is 16.7 Å². The lowest BCUT2D eigenvalue weighted by molar-refractivity contribution is 0.218. The molecule has 3 N–H and O–H groups in total. The SMILES string of the molecule is CCCOc1cncc(C(O)c2ccc(N)cc2)c1. The van der Waals surface area contributed by atoms with Crippen molar-refractivity contribution in [3.05, 3.63) is 53.9 Å². The van der Waals surface area contributed by atoms with Crippen molar-refractivity contribution < 1.29 is 9.84 Å². The summed E-state index contributed by atoms with van der Waals surface area (Å²) in [6, 6.07) is 8.95. The highest BCUT2D eigenvalue weighted by atomic mass is 16.5. The molecule has 0 fully saturated rings. The predicted molar refractivity (Wildman–Crippen MR) is 74.9 cm³/mol. The van der Waals surface area contributed by atoms with Crippen LogP contribution in [0.1, 0.15) is 30.6 Å². The van der Waals surface area contributed by atoms with Gasteiger partial charge in [0.1, 0.15) is 11.9 Å². The molecule has 0 saturated carbocycles. The molecule has 100 valence electrons. The van der Waals surface area contributed by atoms with Crippen molar-refractivity contribution in [1.29, 1.82) is 0 Å². The Hall–Kier alpha value is -2.07. The van der Waals surface area contributed by atoms with Gasteiger partial charge in [0, 0.05) is 17.4 Å². The zero-order valence-corrected chi connectivity index (χ0v) is 10.9. The number of nitrogen functional groups attached to an aromatic ring is 1. The van der Waals surface area contributed by atoms with E-state index in [2.05, 4.69) is 4.98 Å². The number of hydrogen-bond donors (Lipinski definition) is 2. The van der Waals surface area contributed by atoms with Crippen molar-refractivity contribution in [2.75, 3.05) is 12.3 Å². The van der Waals surface area contributed by atoms with Crippen molar-refractivity contribution >= 4 is 5.69 Å². The topological polar surface area (TPSA) is 68.4 Å². The number of anilines is 1. The van der Waals surface area contributed by atoms with Gasteiger partial charge in [0.15, 0.2) is 0 Å². The quantitative estimate of drug-likeness (QED) is 0.809. The molecule has 1 unspecified atom stereocenters. The van der Waals surface area contributed by atoms with E-state index in [0.29, 0.717) is 23.6 Å². The normalized spacial score (nSPS) is 12.1. The second-order valence-corrected chi connectivity index (χ2v) is 4.37. The second kappa shape index (κ2) is 6.20. The summed E-state index contributed by atoms with van der Waals surface area (Å²) in [5.74, 6) is 0.675. The standard InChI is InChI=1S/C15H18N2O2/c1-2-7-19-14-8-12(9-17-10-14)15(18)11-3-5-13(16)6-4-11/h3-6,8-10,15,18H,2,7,16H2,1H3. The van der Waals surface area contributed by atoms with E-state index >= 15 is 0 Å². The summed E-state index contributed by atoms with van der Waals surface area (Å²) in [5, 5.41) is 10.3. The summed E-state index contributed by atoms with van der Waals surface area (Å²) in [6.07, 6.45) is 3.50. The molecule has 4 nitrogen and oxygen atoms in total. The summed E-state index contributed by atoms with van der Waals surface area (Å²) >= 11 is 0. The third-order valence-electron chi connectivity index (χ3n) is 2.78. The summed E-state index contributed by atoms with van der Waals surface area (Å²) in [6.45, 7) is 2.68. The van der Waals surface area contributed by atoms with Gasteiger partial charge in [-0.3, -0.25) is 4.98 Å². The molecule has 1 atom stereocenters. The number of aromatic nitrogens is 1. The molecule has 0 saturated heterocycles. The van der Waals surface area contributed by atoms with E-state index in [9.17, 15) is 5.11 Å². The van der Waals surface area contributed by atoms with E-state index in [1.807, 2.05) is 13.0 Å². The van der Waals surface area contributed by atoms with Gasteiger partial charge >= 0.3 is 0 Å². The van der Waals surface area contributed by atoms with Crippen molar-refractivity contribution in [2.24, 2.45) is 0 Å². The summed E-state index contributed by atoms with van der Waals surface area (Å²) < 4.78 is 5.51. The zero-order valence-electron chi connectivity index (χ0n) is 10.9. The van der Waals surface area contributed by atoms with Gasteiger partial charge in [-0.05, 0) is 30.2 Å². The Bertz CT molecular complexity index is 526. The molecule has 0 aliphatic carbocycles. The van der Waals surface area contributed by atoms with Crippen molar-refractivity contribution in [3.8, 4) is 5.75 Å². The van der Waals surface area contributed by atoms with Crippen molar-refractivity contribution in [2.45, 2.75) is 19.4 Å². The van der Waals surface area contributed by atoms with Crippen LogP contribution in [-0.2, 0) is 0 Å². The summed E-state index contributed by atoms with van der Waals surface area (Å²) in [5.41, 5.74) is 7.79. The molecule has 1 aromatic heterocycles. The van der Waals surface area contributed by atoms with Gasteiger partial charge in [0.05, 0.1) is 12.8 Å². The zero-order chi connectivity index (χ0) is 13.7. The molecule has 1 heterocycles. The van der Waals surface area contributed by atoms with Crippen LogP contribution in [0.5, 0.6) is 5.75 Å². The lowest BCUT2D eigenvalue weighted by Crippen LogP contribution is -2.02. The number of nitrogens with zero attached hydrogens (tertiary/aromatic N) is 1. The number of pyridine rings is 1. The molecule has 4 heteroatoms. The smallest absolute Gasteiger partial charge is 0.137 e. The van der Waals surface area contributed by atoms with E-state index < -0.39 is 6.10 Å². The van der Waals surface area contributed by atoms with Crippen molar-refractivity contribution in [1.82, 2.24) is 4.98 Å². The molecule has 1 aromatic carbocycles. The third-order valence-corrected chi connectivity index (χ3v) is 2.78. The van der Waals surface area contributed by atoms with Crippen LogP contribution in [0.3, 0.4) is 0 Å². The highest BCUT2D eigenvalue weighted by Gasteiger charge is 2.11. The van der Waals surface area contributed by atoms with E-state index in [4.69, 9.17) is 10.5 Å². The molecule has 0 aliphatic heterocycles. The average molecular weight is 258 g/mol. The van der Waals surface area contributed by atoms with Crippen LogP contribution in [0.25, 0.3) is 0 Å². The Balaban J connectivity index is 2.18. The minimum absolute atomic E-state index is 0.642. The Morgan fingerprint density at radius 3 is 2.63 bits per heavy atom. The van der Waals surface area contributed by atoms with Gasteiger partial charge in [-0.1, -0.05) is 19.1 Å². The Morgan fingerprint density at radius 1 is 1.21 bits per heavy atom. The largest absolute Gasteiger partial charge is 0.492 e. The Kier molecular flexibility index (Phi) is 4.36. The number of aliphatic hydroxyl groups is 1. The van der Waals surface area contributed by atoms with Crippen LogP contribution < -0.4 is 10.5 Å². The fraction of sp³-hybridized carbons (Fsp3) is 0.267. The number of nitrogens with two attached hydrogens (primary N) is 1. The van der Waals surface area contributed by atoms with Crippen LogP contribution in [0, 0.1) is 0 Å². The molecular formula is C15H18N2O2. The highest BCUT2D eigenvalue weighted by molar-refractivity contribution is 5.42. The Labute approximate surface area is 112 Å². The van der Waals surface area contributed by atoms with Crippen LogP contribution in [0.2, 0.25) is 0 Å². The fourth-order valence-electron chi connectivity index (χ4n) is 1.75. The van der Waals surface area contributed by atoms with Gasteiger partial charge in [-0.15, -0.1) is 0 Å². The second-order valence-electron chi connectivity index (χ2n) is 4.37. The fourth-order valence-corrected chi connectivity index (χ4v) is 1.75. The van der Waals surface area contributed by atoms with E-state index in [-0.39, 0.29) is 0 Å². The average Bonchev–Trinajstić information content (AvgIpc) is 2.45. The van der Waals surface area contributed by atoms with Gasteiger partial charge in [0.25, 0.3) is 0 Å². The first kappa shape index (κ1) is 13.4. The monoisotopic (exact) mass is 258 g/mol. The first-order chi connectivity index (χ1) is 9.20. The van der Waals surface area contributed by atoms with E-state index in [1.54, 1.807) is 36.7 Å². The number of rotatable bonds is 5. The maximum absolute atomic E-state index is 10.3. The highest BCUT2D eigenvalue weighted by Crippen LogP contribution is 2.24. The molecule has 2 rings (SSSR count). The van der Waals surface area contributed by atoms with Crippen molar-refractivity contribution in [3.63, 3.8) is 0 Å². The van der Waals surface area contributed by atoms with Gasteiger partial charge in [-0.2, -0.15) is 0 Å². The van der Waals surface area contributed by atoms with E-state index in [1.165, 1.54) is 0 Å². The molecule has 19 heavy (non-hydrogen) atoms. The predicted octanol–water partition coefficient (Wildman–Crippen LogP) is 2.53. The number of benzene rings is 1. The van der Waals surface area contributed by atoms with E-state index in [0.717, 1.165) is 12.0 Å². The molecule has 0 spiro atoms. The van der Waals surface area contributed by atoms with Crippen LogP contribution in [0.15, 0.2) is 42.7 Å². The maximum Gasteiger partial charge on any atom is 0.137 e. The first-order valence-corrected chi connectivity index (χ1v) is 6.32. The first-order valence-electron chi connectivity index (χ1n) is 6.32. The molecular weight excluding hydrogens is 240 g/mol. The molecule has 0 bridgehead atoms. The summed E-state index contributed by atoms with van der Waals surface area (Å²) in [4.78, 5) is 4.09. The maximum atomic E-state index is 10.3. The van der Waals surface area contributed by atoms with Crippen LogP contribution >= 0.6 is 0 Å². The lowest BCUT2D eigenvalue weighted by atomic mass is 10.0. The van der Waals surface area contributed by atoms with Gasteiger partial charge in [-0.25, -0.2) is 0 Å². The molecule has 0 radical (unpaired) electrons. The number of aliphatic hydroxyl groups excluding tert-OH is 1. The number of ether oxygens (including phenoxy) is 1. The lowest BCUT2D eigenvalue weighted by Gasteiger charge is -2.13. The summed E-state index contributed by atoms with van der Waals surface area (Å²) in [7, 11) is 0. The van der Waals surface area contributed by atoms with Crippen LogP contribution in [0.4, 0.5) is 5.69 Å². The number of hydrogen-bond acceptors (Lipinski definition) is 4. The molecule has 0 amide bonds. The molecule has 2 aromatic rings.